The van der Waals surface area contributed by atoms with Crippen molar-refractivity contribution in [3.05, 3.63) is 59.9 Å². The summed E-state index contributed by atoms with van der Waals surface area (Å²) in [5.74, 6) is 0. The smallest absolute Gasteiger partial charge is 0.0998 e. The number of hydrogen-bond acceptors (Lipinski definition) is 3. The highest BCUT2D eigenvalue weighted by Gasteiger charge is 2.00. The first-order valence-electron chi connectivity index (χ1n) is 6.00. The number of aromatic nitrogens is 1. The molecule has 3 nitrogen and oxygen atoms in total. The van der Waals surface area contributed by atoms with E-state index in [-0.39, 0.29) is 0 Å². The molecule has 0 N–H and O–H groups in total. The number of anilines is 1. The molecule has 0 aliphatic rings. The number of rotatable bonds is 3. The van der Waals surface area contributed by atoms with Gasteiger partial charge in [-0.3, -0.25) is 4.98 Å². The van der Waals surface area contributed by atoms with Crippen molar-refractivity contribution in [3.63, 3.8) is 0 Å². The van der Waals surface area contributed by atoms with Crippen LogP contribution in [0.4, 0.5) is 5.69 Å². The number of hydrogen-bond donors (Lipinski definition) is 0. The largest absolute Gasteiger partial charge is 0.378 e. The molecule has 0 amide bonds. The molecule has 1 aromatic carbocycles. The monoisotopic (exact) mass is 249 g/mol. The Morgan fingerprint density at radius 2 is 1.74 bits per heavy atom. The topological polar surface area (TPSA) is 39.9 Å². The normalized spacial score (nSPS) is 10.9. The highest BCUT2D eigenvalue weighted by molar-refractivity contribution is 5.89. The molecule has 0 spiro atoms. The van der Waals surface area contributed by atoms with E-state index in [1.54, 1.807) is 12.4 Å². The summed E-state index contributed by atoms with van der Waals surface area (Å²) in [6.07, 6.45) is 5.26. The fourth-order valence-corrected chi connectivity index (χ4v) is 1.75. The van der Waals surface area contributed by atoms with Crippen LogP contribution in [0.15, 0.2) is 48.8 Å². The van der Waals surface area contributed by atoms with Gasteiger partial charge in [0, 0.05) is 32.2 Å². The van der Waals surface area contributed by atoms with Crippen LogP contribution in [0.2, 0.25) is 0 Å². The minimum Gasteiger partial charge on any atom is -0.378 e. The zero-order valence-electron chi connectivity index (χ0n) is 11.0. The molecular formula is C16H15N3. The summed E-state index contributed by atoms with van der Waals surface area (Å²) in [6, 6.07) is 14.0. The van der Waals surface area contributed by atoms with Crippen LogP contribution in [0.25, 0.3) is 11.6 Å². The molecule has 0 saturated heterocycles. The molecule has 0 unspecified atom stereocenters. The third-order valence-corrected chi connectivity index (χ3v) is 2.83. The molecule has 0 saturated carbocycles. The van der Waals surface area contributed by atoms with E-state index in [0.29, 0.717) is 5.57 Å². The second kappa shape index (κ2) is 5.83. The molecule has 1 aromatic heterocycles. The zero-order chi connectivity index (χ0) is 13.7. The number of benzene rings is 1. The number of nitriles is 1. The molecule has 0 aliphatic carbocycles. The highest BCUT2D eigenvalue weighted by Crippen LogP contribution is 2.19. The molecule has 2 aromatic rings. The van der Waals surface area contributed by atoms with Crippen LogP contribution in [-0.2, 0) is 0 Å². The minimum atomic E-state index is 0.639. The maximum absolute atomic E-state index is 9.24. The Morgan fingerprint density at radius 1 is 1.11 bits per heavy atom. The van der Waals surface area contributed by atoms with Gasteiger partial charge in [-0.15, -0.1) is 0 Å². The van der Waals surface area contributed by atoms with Crippen LogP contribution >= 0.6 is 0 Å². The Hall–Kier alpha value is -2.60. The van der Waals surface area contributed by atoms with Crippen molar-refractivity contribution in [1.82, 2.24) is 4.98 Å². The van der Waals surface area contributed by atoms with Gasteiger partial charge in [-0.2, -0.15) is 5.26 Å². The summed E-state index contributed by atoms with van der Waals surface area (Å²) < 4.78 is 0. The minimum absolute atomic E-state index is 0.639. The van der Waals surface area contributed by atoms with Gasteiger partial charge in [0.15, 0.2) is 0 Å². The van der Waals surface area contributed by atoms with E-state index in [9.17, 15) is 5.26 Å². The van der Waals surface area contributed by atoms with Crippen LogP contribution in [0.3, 0.4) is 0 Å². The van der Waals surface area contributed by atoms with E-state index in [1.807, 2.05) is 61.5 Å². The Kier molecular flexibility index (Phi) is 3.94. The summed E-state index contributed by atoms with van der Waals surface area (Å²) in [4.78, 5) is 6.00. The number of allylic oxidation sites excluding steroid dienone is 1. The summed E-state index contributed by atoms with van der Waals surface area (Å²) >= 11 is 0. The number of pyridine rings is 1. The van der Waals surface area contributed by atoms with E-state index < -0.39 is 0 Å². The molecule has 94 valence electrons. The summed E-state index contributed by atoms with van der Waals surface area (Å²) in [6.45, 7) is 0. The van der Waals surface area contributed by atoms with Crippen molar-refractivity contribution in [3.8, 4) is 6.07 Å². The van der Waals surface area contributed by atoms with Gasteiger partial charge >= 0.3 is 0 Å². The van der Waals surface area contributed by atoms with Gasteiger partial charge in [-0.1, -0.05) is 12.1 Å². The third kappa shape index (κ3) is 3.20. The van der Waals surface area contributed by atoms with E-state index in [0.717, 1.165) is 16.8 Å². The first-order chi connectivity index (χ1) is 9.20. The van der Waals surface area contributed by atoms with Crippen LogP contribution in [0, 0.1) is 11.3 Å². The second-order valence-corrected chi connectivity index (χ2v) is 4.39. The Bertz CT molecular complexity index is 605. The van der Waals surface area contributed by atoms with E-state index in [4.69, 9.17) is 0 Å². The molecule has 0 bridgehead atoms. The lowest BCUT2D eigenvalue weighted by Gasteiger charge is -2.11. The molecule has 2 rings (SSSR count). The fraction of sp³-hybridized carbons (Fsp3) is 0.125. The molecule has 3 heteroatoms. The average Bonchev–Trinajstić information content (AvgIpc) is 2.46. The molecule has 0 fully saturated rings. The van der Waals surface area contributed by atoms with Crippen LogP contribution in [0.5, 0.6) is 0 Å². The average molecular weight is 249 g/mol. The number of nitrogens with zero attached hydrogens (tertiary/aromatic N) is 3. The Balaban J connectivity index is 2.31. The maximum Gasteiger partial charge on any atom is 0.0998 e. The predicted octanol–water partition coefficient (Wildman–Crippen LogP) is 3.21. The van der Waals surface area contributed by atoms with Gasteiger partial charge in [0.05, 0.1) is 11.6 Å². The summed E-state index contributed by atoms with van der Waals surface area (Å²) in [5.41, 5.74) is 3.67. The summed E-state index contributed by atoms with van der Waals surface area (Å²) in [7, 11) is 4.01. The first kappa shape index (κ1) is 12.8. The fourth-order valence-electron chi connectivity index (χ4n) is 1.75. The van der Waals surface area contributed by atoms with Crippen LogP contribution in [0.1, 0.15) is 11.1 Å². The van der Waals surface area contributed by atoms with Crippen molar-refractivity contribution in [1.29, 1.82) is 5.26 Å². The third-order valence-electron chi connectivity index (χ3n) is 2.83. The quantitative estimate of drug-likeness (QED) is 0.784. The lowest BCUT2D eigenvalue weighted by atomic mass is 10.1. The first-order valence-corrected chi connectivity index (χ1v) is 6.00. The van der Waals surface area contributed by atoms with Gasteiger partial charge in [-0.05, 0) is 41.5 Å². The lowest BCUT2D eigenvalue weighted by Crippen LogP contribution is -2.07. The van der Waals surface area contributed by atoms with E-state index in [2.05, 4.69) is 11.1 Å². The van der Waals surface area contributed by atoms with E-state index in [1.165, 1.54) is 0 Å². The van der Waals surface area contributed by atoms with Gasteiger partial charge < -0.3 is 4.90 Å². The van der Waals surface area contributed by atoms with Crippen molar-refractivity contribution < 1.29 is 0 Å². The van der Waals surface area contributed by atoms with Crippen molar-refractivity contribution in [2.24, 2.45) is 0 Å². The SMILES string of the molecule is CN(C)c1ccc(/C=C(\C#N)c2ccncc2)cc1. The summed E-state index contributed by atoms with van der Waals surface area (Å²) in [5, 5.41) is 9.24. The molecule has 0 atom stereocenters. The molecule has 19 heavy (non-hydrogen) atoms. The molecule has 1 heterocycles. The zero-order valence-corrected chi connectivity index (χ0v) is 11.0. The van der Waals surface area contributed by atoms with Crippen molar-refractivity contribution in [2.75, 3.05) is 19.0 Å². The van der Waals surface area contributed by atoms with Gasteiger partial charge in [-0.25, -0.2) is 0 Å². The highest BCUT2D eigenvalue weighted by atomic mass is 15.1. The second-order valence-electron chi connectivity index (χ2n) is 4.39. The van der Waals surface area contributed by atoms with Crippen molar-refractivity contribution in [2.45, 2.75) is 0 Å². The predicted molar refractivity (Wildman–Crippen MR) is 78.5 cm³/mol. The van der Waals surface area contributed by atoms with Gasteiger partial charge in [0.2, 0.25) is 0 Å². The Labute approximate surface area is 113 Å². The standard InChI is InChI=1S/C16H15N3/c1-19(2)16-5-3-13(4-6-16)11-15(12-17)14-7-9-18-10-8-14/h3-11H,1-2H3/b15-11+. The van der Waals surface area contributed by atoms with Crippen LogP contribution < -0.4 is 4.90 Å². The molecule has 0 radical (unpaired) electrons. The van der Waals surface area contributed by atoms with Gasteiger partial charge in [0.1, 0.15) is 0 Å². The lowest BCUT2D eigenvalue weighted by molar-refractivity contribution is 1.13. The Morgan fingerprint density at radius 3 is 2.26 bits per heavy atom. The van der Waals surface area contributed by atoms with Crippen LogP contribution in [-0.4, -0.2) is 19.1 Å². The van der Waals surface area contributed by atoms with Crippen molar-refractivity contribution >= 4 is 17.3 Å². The van der Waals surface area contributed by atoms with E-state index >= 15 is 0 Å². The molecule has 0 aliphatic heterocycles. The maximum atomic E-state index is 9.24. The van der Waals surface area contributed by atoms with Gasteiger partial charge in [0.25, 0.3) is 0 Å². The molecular weight excluding hydrogens is 234 g/mol.